The lowest BCUT2D eigenvalue weighted by Gasteiger charge is -2.20. The molecular formula is C14H20N2O2. The van der Waals surface area contributed by atoms with Crippen molar-refractivity contribution < 1.29 is 9.84 Å². The minimum Gasteiger partial charge on any atom is -0.494 e. The summed E-state index contributed by atoms with van der Waals surface area (Å²) in [6, 6.07) is 9.63. The van der Waals surface area contributed by atoms with Crippen LogP contribution in [0.25, 0.3) is 0 Å². The molecule has 0 fully saturated rings. The Hall–Kier alpha value is -1.57. The Labute approximate surface area is 108 Å². The van der Waals surface area contributed by atoms with Crippen molar-refractivity contribution in [1.29, 1.82) is 5.26 Å². The van der Waals surface area contributed by atoms with Gasteiger partial charge in [0.2, 0.25) is 0 Å². The molecule has 0 bridgehead atoms. The predicted octanol–water partition coefficient (Wildman–Crippen LogP) is 1.84. The van der Waals surface area contributed by atoms with Crippen LogP contribution in [0.3, 0.4) is 0 Å². The average molecular weight is 248 g/mol. The van der Waals surface area contributed by atoms with Crippen molar-refractivity contribution in [2.24, 2.45) is 0 Å². The Bertz CT molecular complexity index is 415. The fourth-order valence-corrected chi connectivity index (χ4v) is 1.59. The smallest absolute Gasteiger partial charge is 0.119 e. The van der Waals surface area contributed by atoms with Crippen LogP contribution in [0, 0.1) is 11.3 Å². The van der Waals surface area contributed by atoms with E-state index >= 15 is 0 Å². The Morgan fingerprint density at radius 1 is 1.50 bits per heavy atom. The molecule has 0 heterocycles. The van der Waals surface area contributed by atoms with E-state index < -0.39 is 5.54 Å². The van der Waals surface area contributed by atoms with E-state index in [1.54, 1.807) is 7.05 Å². The summed E-state index contributed by atoms with van der Waals surface area (Å²) >= 11 is 0. The van der Waals surface area contributed by atoms with Gasteiger partial charge in [0.25, 0.3) is 0 Å². The number of nitriles is 1. The Balaban J connectivity index is 2.36. The number of ether oxygens (including phenoxy) is 1. The molecule has 1 aromatic rings. The predicted molar refractivity (Wildman–Crippen MR) is 70.2 cm³/mol. The SMILES string of the molecule is CNC(C)(C#N)CCCOc1cccc(CO)c1. The lowest BCUT2D eigenvalue weighted by atomic mass is 9.98. The molecule has 1 rings (SSSR count). The van der Waals surface area contributed by atoms with Crippen molar-refractivity contribution in [3.05, 3.63) is 29.8 Å². The van der Waals surface area contributed by atoms with E-state index in [2.05, 4.69) is 11.4 Å². The van der Waals surface area contributed by atoms with Gasteiger partial charge in [-0.25, -0.2) is 0 Å². The zero-order chi connectivity index (χ0) is 13.4. The van der Waals surface area contributed by atoms with Crippen molar-refractivity contribution in [3.8, 4) is 11.8 Å². The lowest BCUT2D eigenvalue weighted by Crippen LogP contribution is -2.38. The molecule has 1 aromatic carbocycles. The molecule has 0 radical (unpaired) electrons. The van der Waals surface area contributed by atoms with Crippen LogP contribution in [0.15, 0.2) is 24.3 Å². The van der Waals surface area contributed by atoms with Crippen LogP contribution in [0.5, 0.6) is 5.75 Å². The third kappa shape index (κ3) is 4.36. The number of nitrogens with zero attached hydrogens (tertiary/aromatic N) is 1. The largest absolute Gasteiger partial charge is 0.494 e. The van der Waals surface area contributed by atoms with Crippen LogP contribution in [-0.2, 0) is 6.61 Å². The van der Waals surface area contributed by atoms with Crippen molar-refractivity contribution >= 4 is 0 Å². The molecule has 2 N–H and O–H groups in total. The van der Waals surface area contributed by atoms with E-state index in [4.69, 9.17) is 15.1 Å². The quantitative estimate of drug-likeness (QED) is 0.723. The molecule has 0 aliphatic rings. The summed E-state index contributed by atoms with van der Waals surface area (Å²) in [5, 5.41) is 21.0. The maximum absolute atomic E-state index is 9.00. The molecule has 18 heavy (non-hydrogen) atoms. The van der Waals surface area contributed by atoms with E-state index in [1.165, 1.54) is 0 Å². The van der Waals surface area contributed by atoms with Crippen LogP contribution in [0.2, 0.25) is 0 Å². The number of aliphatic hydroxyl groups is 1. The molecule has 4 nitrogen and oxygen atoms in total. The van der Waals surface area contributed by atoms with Gasteiger partial charge in [-0.2, -0.15) is 5.26 Å². The number of hydrogen-bond donors (Lipinski definition) is 2. The fourth-order valence-electron chi connectivity index (χ4n) is 1.59. The standard InChI is InChI=1S/C14H20N2O2/c1-14(11-15,16-2)7-4-8-18-13-6-3-5-12(9-13)10-17/h3,5-6,9,16-17H,4,7-8,10H2,1-2H3. The Morgan fingerprint density at radius 2 is 2.28 bits per heavy atom. The highest BCUT2D eigenvalue weighted by molar-refractivity contribution is 5.27. The second-order valence-corrected chi connectivity index (χ2v) is 4.45. The first kappa shape index (κ1) is 14.5. The first-order valence-corrected chi connectivity index (χ1v) is 6.06. The highest BCUT2D eigenvalue weighted by atomic mass is 16.5. The van der Waals surface area contributed by atoms with Crippen LogP contribution < -0.4 is 10.1 Å². The normalized spacial score (nSPS) is 13.7. The van der Waals surface area contributed by atoms with Crippen LogP contribution in [0.1, 0.15) is 25.3 Å². The van der Waals surface area contributed by atoms with Gasteiger partial charge < -0.3 is 15.2 Å². The van der Waals surface area contributed by atoms with E-state index in [0.29, 0.717) is 6.61 Å². The monoisotopic (exact) mass is 248 g/mol. The molecule has 4 heteroatoms. The molecule has 0 aliphatic heterocycles. The van der Waals surface area contributed by atoms with Crippen molar-refractivity contribution in [2.75, 3.05) is 13.7 Å². The minimum absolute atomic E-state index is 0.0173. The number of nitrogens with one attached hydrogen (secondary N) is 1. The highest BCUT2D eigenvalue weighted by Crippen LogP contribution is 2.15. The molecule has 0 saturated heterocycles. The van der Waals surface area contributed by atoms with Gasteiger partial charge in [-0.15, -0.1) is 0 Å². The summed E-state index contributed by atoms with van der Waals surface area (Å²) in [4.78, 5) is 0. The van der Waals surface area contributed by atoms with E-state index in [-0.39, 0.29) is 6.61 Å². The number of rotatable bonds is 7. The molecule has 98 valence electrons. The Morgan fingerprint density at radius 3 is 2.89 bits per heavy atom. The number of hydrogen-bond acceptors (Lipinski definition) is 4. The average Bonchev–Trinajstić information content (AvgIpc) is 2.43. The zero-order valence-electron chi connectivity index (χ0n) is 10.9. The molecule has 0 aromatic heterocycles. The second kappa shape index (κ2) is 7.00. The first-order chi connectivity index (χ1) is 8.63. The second-order valence-electron chi connectivity index (χ2n) is 4.45. The molecular weight excluding hydrogens is 228 g/mol. The van der Waals surface area contributed by atoms with Gasteiger partial charge in [-0.05, 0) is 44.5 Å². The summed E-state index contributed by atoms with van der Waals surface area (Å²) in [5.41, 5.74) is 0.348. The molecule has 1 unspecified atom stereocenters. The maximum Gasteiger partial charge on any atom is 0.119 e. The topological polar surface area (TPSA) is 65.3 Å². The number of benzene rings is 1. The molecule has 0 saturated carbocycles. The summed E-state index contributed by atoms with van der Waals surface area (Å²) in [6.07, 6.45) is 1.54. The van der Waals surface area contributed by atoms with Gasteiger partial charge in [0.15, 0.2) is 0 Å². The van der Waals surface area contributed by atoms with Crippen LogP contribution in [-0.4, -0.2) is 24.3 Å². The van der Waals surface area contributed by atoms with Gasteiger partial charge in [0, 0.05) is 0 Å². The van der Waals surface area contributed by atoms with Crippen LogP contribution in [0.4, 0.5) is 0 Å². The maximum atomic E-state index is 9.00. The third-order valence-corrected chi connectivity index (χ3v) is 2.97. The summed E-state index contributed by atoms with van der Waals surface area (Å²) < 4.78 is 5.58. The van der Waals surface area contributed by atoms with E-state index in [0.717, 1.165) is 24.2 Å². The minimum atomic E-state index is -0.490. The Kier molecular flexibility index (Phi) is 5.63. The van der Waals surface area contributed by atoms with Crippen molar-refractivity contribution in [3.63, 3.8) is 0 Å². The van der Waals surface area contributed by atoms with Crippen molar-refractivity contribution in [2.45, 2.75) is 31.9 Å². The van der Waals surface area contributed by atoms with Gasteiger partial charge in [0.1, 0.15) is 11.3 Å². The van der Waals surface area contributed by atoms with E-state index in [9.17, 15) is 0 Å². The first-order valence-electron chi connectivity index (χ1n) is 6.06. The summed E-state index contributed by atoms with van der Waals surface area (Å²) in [6.45, 7) is 2.46. The summed E-state index contributed by atoms with van der Waals surface area (Å²) in [5.74, 6) is 0.754. The molecule has 1 atom stereocenters. The third-order valence-electron chi connectivity index (χ3n) is 2.97. The molecule has 0 spiro atoms. The summed E-state index contributed by atoms with van der Waals surface area (Å²) in [7, 11) is 1.79. The van der Waals surface area contributed by atoms with Gasteiger partial charge in [-0.3, -0.25) is 0 Å². The fraction of sp³-hybridized carbons (Fsp3) is 0.500. The highest BCUT2D eigenvalue weighted by Gasteiger charge is 2.19. The van der Waals surface area contributed by atoms with Gasteiger partial charge in [0.05, 0.1) is 19.3 Å². The zero-order valence-corrected chi connectivity index (χ0v) is 10.9. The number of aliphatic hydroxyl groups excluding tert-OH is 1. The van der Waals surface area contributed by atoms with Gasteiger partial charge >= 0.3 is 0 Å². The lowest BCUT2D eigenvalue weighted by molar-refractivity contribution is 0.275. The molecule has 0 amide bonds. The van der Waals surface area contributed by atoms with Crippen LogP contribution >= 0.6 is 0 Å². The molecule has 0 aliphatic carbocycles. The van der Waals surface area contributed by atoms with E-state index in [1.807, 2.05) is 31.2 Å². The van der Waals surface area contributed by atoms with Crippen molar-refractivity contribution in [1.82, 2.24) is 5.32 Å². The van der Waals surface area contributed by atoms with Gasteiger partial charge in [-0.1, -0.05) is 12.1 Å².